The van der Waals surface area contributed by atoms with Gasteiger partial charge in [-0.05, 0) is 0 Å². The number of hydrogen-bond acceptors (Lipinski definition) is 3. The molecule has 1 aromatic carbocycles. The van der Waals surface area contributed by atoms with E-state index in [-0.39, 0.29) is 0 Å². The topological polar surface area (TPSA) is 67.6 Å². The van der Waals surface area contributed by atoms with Crippen LogP contribution >= 0.6 is 0 Å². The van der Waals surface area contributed by atoms with Crippen LogP contribution in [0.3, 0.4) is 0 Å². The molecule has 0 atom stereocenters. The molecule has 2 heterocycles. The van der Waals surface area contributed by atoms with E-state index in [0.717, 1.165) is 21.8 Å². The van der Waals surface area contributed by atoms with E-state index in [1.807, 2.05) is 30.5 Å². The van der Waals surface area contributed by atoms with Crippen molar-refractivity contribution in [1.82, 2.24) is 15.2 Å². The van der Waals surface area contributed by atoms with Crippen LogP contribution in [0.4, 0.5) is 5.82 Å². The average Bonchev–Trinajstić information content (AvgIpc) is 2.61. The summed E-state index contributed by atoms with van der Waals surface area (Å²) in [5, 5.41) is 9.01. The van der Waals surface area contributed by atoms with Crippen molar-refractivity contribution in [3.05, 3.63) is 30.5 Å². The lowest BCUT2D eigenvalue weighted by Crippen LogP contribution is -1.85. The number of hydrogen-bond donors (Lipinski definition) is 2. The highest BCUT2D eigenvalue weighted by Gasteiger charge is 2.06. The molecule has 3 aromatic rings. The lowest BCUT2D eigenvalue weighted by Gasteiger charge is -1.96. The summed E-state index contributed by atoms with van der Waals surface area (Å²) in [6.45, 7) is 0. The van der Waals surface area contributed by atoms with Gasteiger partial charge >= 0.3 is 0 Å². The minimum Gasteiger partial charge on any atom is -0.380 e. The summed E-state index contributed by atoms with van der Waals surface area (Å²) in [6.07, 6.45) is 1.81. The van der Waals surface area contributed by atoms with E-state index in [9.17, 15) is 0 Å². The lowest BCUT2D eigenvalue weighted by atomic mass is 10.1. The number of aromatic amines is 1. The molecular formula is C10H8N4. The van der Waals surface area contributed by atoms with Crippen LogP contribution in [-0.2, 0) is 0 Å². The zero-order valence-electron chi connectivity index (χ0n) is 7.36. The van der Waals surface area contributed by atoms with Crippen LogP contribution in [0.2, 0.25) is 0 Å². The number of fused-ring (bicyclic) bond motifs is 3. The van der Waals surface area contributed by atoms with Gasteiger partial charge in [0, 0.05) is 17.0 Å². The van der Waals surface area contributed by atoms with Crippen molar-refractivity contribution in [2.45, 2.75) is 0 Å². The first kappa shape index (κ1) is 7.32. The van der Waals surface area contributed by atoms with Crippen molar-refractivity contribution in [3.63, 3.8) is 0 Å². The van der Waals surface area contributed by atoms with Crippen molar-refractivity contribution in [3.8, 4) is 0 Å². The van der Waals surface area contributed by atoms with Gasteiger partial charge in [0.05, 0.1) is 5.52 Å². The Morgan fingerprint density at radius 3 is 3.00 bits per heavy atom. The number of rotatable bonds is 0. The van der Waals surface area contributed by atoms with E-state index < -0.39 is 0 Å². The Kier molecular flexibility index (Phi) is 1.28. The first-order valence-electron chi connectivity index (χ1n) is 4.33. The van der Waals surface area contributed by atoms with Crippen LogP contribution in [0.15, 0.2) is 30.5 Å². The zero-order valence-corrected chi connectivity index (χ0v) is 7.36. The van der Waals surface area contributed by atoms with Crippen molar-refractivity contribution in [1.29, 1.82) is 0 Å². The fourth-order valence-corrected chi connectivity index (χ4v) is 1.64. The Balaban J connectivity index is 2.61. The number of nitrogen functional groups attached to an aromatic ring is 1. The molecule has 0 aliphatic carbocycles. The van der Waals surface area contributed by atoms with Crippen LogP contribution in [-0.4, -0.2) is 15.2 Å². The molecule has 0 bridgehead atoms. The van der Waals surface area contributed by atoms with Gasteiger partial charge in [0.15, 0.2) is 5.82 Å². The molecule has 2 aromatic heterocycles. The molecule has 0 aliphatic heterocycles. The highest BCUT2D eigenvalue weighted by Crippen LogP contribution is 2.23. The first-order valence-corrected chi connectivity index (χ1v) is 4.33. The molecule has 0 fully saturated rings. The van der Waals surface area contributed by atoms with Gasteiger partial charge in [0.2, 0.25) is 0 Å². The molecule has 0 unspecified atom stereocenters. The summed E-state index contributed by atoms with van der Waals surface area (Å²) >= 11 is 0. The Morgan fingerprint density at radius 2 is 2.07 bits per heavy atom. The van der Waals surface area contributed by atoms with Gasteiger partial charge in [-0.15, -0.1) is 0 Å². The molecule has 0 radical (unpaired) electrons. The predicted octanol–water partition coefficient (Wildman–Crippen LogP) is 1.69. The molecule has 14 heavy (non-hydrogen) atoms. The Hall–Kier alpha value is -2.10. The number of nitrogens with zero attached hydrogens (tertiary/aromatic N) is 2. The van der Waals surface area contributed by atoms with Crippen LogP contribution in [0.25, 0.3) is 21.8 Å². The van der Waals surface area contributed by atoms with E-state index in [1.54, 1.807) is 0 Å². The third kappa shape index (κ3) is 0.821. The number of nitrogens with one attached hydrogen (secondary N) is 1. The second kappa shape index (κ2) is 2.45. The van der Waals surface area contributed by atoms with Gasteiger partial charge < -0.3 is 5.73 Å². The number of nitrogens with two attached hydrogens (primary N) is 1. The van der Waals surface area contributed by atoms with Gasteiger partial charge in [-0.3, -0.25) is 5.10 Å². The molecule has 4 nitrogen and oxygen atoms in total. The molecule has 0 saturated carbocycles. The Bertz CT molecular complexity index is 612. The van der Waals surface area contributed by atoms with E-state index in [1.165, 1.54) is 0 Å². The third-order valence-corrected chi connectivity index (χ3v) is 2.33. The molecule has 0 spiro atoms. The van der Waals surface area contributed by atoms with Crippen LogP contribution in [0.5, 0.6) is 0 Å². The van der Waals surface area contributed by atoms with E-state index >= 15 is 0 Å². The maximum atomic E-state index is 5.66. The maximum Gasteiger partial charge on any atom is 0.171 e. The zero-order chi connectivity index (χ0) is 9.54. The van der Waals surface area contributed by atoms with Gasteiger partial charge in [-0.1, -0.05) is 24.3 Å². The summed E-state index contributed by atoms with van der Waals surface area (Å²) < 4.78 is 0. The number of anilines is 1. The second-order valence-corrected chi connectivity index (χ2v) is 3.18. The molecule has 0 aliphatic rings. The summed E-state index contributed by atoms with van der Waals surface area (Å²) in [5.41, 5.74) is 7.31. The molecular weight excluding hydrogens is 176 g/mol. The quantitative estimate of drug-likeness (QED) is 0.558. The normalized spacial score (nSPS) is 11.1. The molecule has 3 rings (SSSR count). The minimum absolute atomic E-state index is 0.450. The van der Waals surface area contributed by atoms with Crippen LogP contribution in [0.1, 0.15) is 0 Å². The highest BCUT2D eigenvalue weighted by atomic mass is 15.2. The average molecular weight is 184 g/mol. The summed E-state index contributed by atoms with van der Waals surface area (Å²) in [5.74, 6) is 0.450. The Morgan fingerprint density at radius 1 is 1.21 bits per heavy atom. The van der Waals surface area contributed by atoms with Gasteiger partial charge in [-0.2, -0.15) is 5.10 Å². The summed E-state index contributed by atoms with van der Waals surface area (Å²) in [4.78, 5) is 4.25. The fourth-order valence-electron chi connectivity index (χ4n) is 1.64. The Labute approximate surface area is 79.8 Å². The molecule has 4 heteroatoms. The molecule has 0 saturated heterocycles. The number of pyridine rings is 1. The van der Waals surface area contributed by atoms with Crippen LogP contribution < -0.4 is 5.73 Å². The number of aromatic nitrogens is 3. The van der Waals surface area contributed by atoms with Gasteiger partial charge in [0.1, 0.15) is 5.52 Å². The predicted molar refractivity (Wildman–Crippen MR) is 55.8 cm³/mol. The molecule has 68 valence electrons. The summed E-state index contributed by atoms with van der Waals surface area (Å²) in [7, 11) is 0. The lowest BCUT2D eigenvalue weighted by molar-refractivity contribution is 1.13. The molecule has 0 amide bonds. The van der Waals surface area contributed by atoms with Gasteiger partial charge in [0.25, 0.3) is 0 Å². The van der Waals surface area contributed by atoms with E-state index in [4.69, 9.17) is 5.73 Å². The van der Waals surface area contributed by atoms with E-state index in [0.29, 0.717) is 5.82 Å². The minimum atomic E-state index is 0.450. The van der Waals surface area contributed by atoms with Gasteiger partial charge in [-0.25, -0.2) is 4.98 Å². The fraction of sp³-hybridized carbons (Fsp3) is 0. The first-order chi connectivity index (χ1) is 6.86. The van der Waals surface area contributed by atoms with Crippen molar-refractivity contribution >= 4 is 27.6 Å². The smallest absolute Gasteiger partial charge is 0.171 e. The maximum absolute atomic E-state index is 5.66. The SMILES string of the molecule is Nc1n[nH]c2c1ncc1ccccc12. The van der Waals surface area contributed by atoms with Crippen LogP contribution in [0, 0.1) is 0 Å². The molecule has 3 N–H and O–H groups in total. The third-order valence-electron chi connectivity index (χ3n) is 2.33. The monoisotopic (exact) mass is 184 g/mol. The van der Waals surface area contributed by atoms with E-state index in [2.05, 4.69) is 15.2 Å². The standard InChI is InChI=1S/C10H8N4/c11-10-9-8(13-14-10)7-4-2-1-3-6(7)5-12-9/h1-5H,(H3,11,13,14). The summed E-state index contributed by atoms with van der Waals surface area (Å²) in [6, 6.07) is 8.00. The number of benzene rings is 1. The van der Waals surface area contributed by atoms with Crippen molar-refractivity contribution < 1.29 is 0 Å². The highest BCUT2D eigenvalue weighted by molar-refractivity contribution is 6.05. The van der Waals surface area contributed by atoms with Crippen molar-refractivity contribution in [2.24, 2.45) is 0 Å². The van der Waals surface area contributed by atoms with Crippen molar-refractivity contribution in [2.75, 3.05) is 5.73 Å². The number of H-pyrrole nitrogens is 1. The second-order valence-electron chi connectivity index (χ2n) is 3.18. The largest absolute Gasteiger partial charge is 0.380 e.